The fourth-order valence-corrected chi connectivity index (χ4v) is 2.73. The molecule has 0 saturated carbocycles. The lowest BCUT2D eigenvalue weighted by atomic mass is 10.1. The minimum Gasteiger partial charge on any atom is -0.298 e. The van der Waals surface area contributed by atoms with E-state index in [1.165, 1.54) is 0 Å². The molecule has 0 atom stereocenters. The quantitative estimate of drug-likeness (QED) is 0.733. The molecule has 0 aliphatic carbocycles. The standard InChI is InChI=1S/C16H12Cl2N2O/c17-12-6-5-11(14(18)9-12)7-8-20-10-19-15-4-2-1-3-13(15)16(20)21/h1-6,9-10H,7-8H2. The minimum atomic E-state index is -0.0364. The smallest absolute Gasteiger partial charge is 0.261 e. The molecule has 3 nitrogen and oxygen atoms in total. The number of aromatic nitrogens is 2. The summed E-state index contributed by atoms with van der Waals surface area (Å²) < 4.78 is 1.60. The van der Waals surface area contributed by atoms with Gasteiger partial charge in [0.05, 0.1) is 17.2 Å². The van der Waals surface area contributed by atoms with Crippen LogP contribution in [0.5, 0.6) is 0 Å². The third kappa shape index (κ3) is 2.94. The molecule has 0 saturated heterocycles. The zero-order chi connectivity index (χ0) is 14.8. The SMILES string of the molecule is O=c1c2ccccc2ncn1CCc1ccc(Cl)cc1Cl. The first-order valence-corrected chi connectivity index (χ1v) is 7.29. The Morgan fingerprint density at radius 1 is 1.10 bits per heavy atom. The van der Waals surface area contributed by atoms with Gasteiger partial charge in [-0.2, -0.15) is 0 Å². The number of benzene rings is 2. The summed E-state index contributed by atoms with van der Waals surface area (Å²) in [5, 5.41) is 1.85. The van der Waals surface area contributed by atoms with Crippen molar-refractivity contribution in [1.29, 1.82) is 0 Å². The van der Waals surface area contributed by atoms with Crippen LogP contribution >= 0.6 is 23.2 Å². The van der Waals surface area contributed by atoms with E-state index < -0.39 is 0 Å². The molecule has 3 rings (SSSR count). The largest absolute Gasteiger partial charge is 0.298 e. The average Bonchev–Trinajstić information content (AvgIpc) is 2.48. The van der Waals surface area contributed by atoms with Crippen molar-refractivity contribution in [3.63, 3.8) is 0 Å². The Morgan fingerprint density at radius 3 is 2.71 bits per heavy atom. The second kappa shape index (κ2) is 5.88. The Kier molecular flexibility index (Phi) is 3.95. The van der Waals surface area contributed by atoms with E-state index in [0.717, 1.165) is 5.56 Å². The fraction of sp³-hybridized carbons (Fsp3) is 0.125. The molecule has 2 aromatic carbocycles. The van der Waals surface area contributed by atoms with Gasteiger partial charge in [0.1, 0.15) is 0 Å². The van der Waals surface area contributed by atoms with Crippen molar-refractivity contribution in [3.05, 3.63) is 74.8 Å². The molecule has 0 spiro atoms. The Balaban J connectivity index is 1.88. The van der Waals surface area contributed by atoms with E-state index in [4.69, 9.17) is 23.2 Å². The summed E-state index contributed by atoms with van der Waals surface area (Å²) in [5.41, 5.74) is 1.63. The van der Waals surface area contributed by atoms with Gasteiger partial charge in [0.2, 0.25) is 0 Å². The van der Waals surface area contributed by atoms with Crippen molar-refractivity contribution in [1.82, 2.24) is 9.55 Å². The molecular weight excluding hydrogens is 307 g/mol. The van der Waals surface area contributed by atoms with E-state index in [-0.39, 0.29) is 5.56 Å². The maximum Gasteiger partial charge on any atom is 0.261 e. The molecule has 0 radical (unpaired) electrons. The Morgan fingerprint density at radius 2 is 1.90 bits per heavy atom. The molecule has 3 aromatic rings. The van der Waals surface area contributed by atoms with Crippen molar-refractivity contribution in [2.45, 2.75) is 13.0 Å². The van der Waals surface area contributed by atoms with Crippen molar-refractivity contribution < 1.29 is 0 Å². The highest BCUT2D eigenvalue weighted by molar-refractivity contribution is 6.35. The van der Waals surface area contributed by atoms with Crippen LogP contribution in [0.1, 0.15) is 5.56 Å². The summed E-state index contributed by atoms with van der Waals surface area (Å²) in [6.45, 7) is 0.526. The van der Waals surface area contributed by atoms with E-state index >= 15 is 0 Å². The Bertz CT molecular complexity index is 858. The predicted octanol–water partition coefficient (Wildman–Crippen LogP) is 3.95. The molecule has 0 aliphatic heterocycles. The second-order valence-corrected chi connectivity index (χ2v) is 5.59. The molecule has 21 heavy (non-hydrogen) atoms. The van der Waals surface area contributed by atoms with Crippen LogP contribution in [0.3, 0.4) is 0 Å². The van der Waals surface area contributed by atoms with E-state index in [9.17, 15) is 4.79 Å². The van der Waals surface area contributed by atoms with Gasteiger partial charge in [0, 0.05) is 16.6 Å². The number of hydrogen-bond acceptors (Lipinski definition) is 2. The predicted molar refractivity (Wildman–Crippen MR) is 86.2 cm³/mol. The zero-order valence-corrected chi connectivity index (χ0v) is 12.6. The lowest BCUT2D eigenvalue weighted by Gasteiger charge is -2.08. The molecule has 0 fully saturated rings. The van der Waals surface area contributed by atoms with Gasteiger partial charge in [-0.15, -0.1) is 0 Å². The van der Waals surface area contributed by atoms with E-state index in [1.807, 2.05) is 24.3 Å². The number of aryl methyl sites for hydroxylation is 2. The van der Waals surface area contributed by atoms with Gasteiger partial charge in [-0.05, 0) is 36.2 Å². The Labute approximate surface area is 131 Å². The molecular formula is C16H12Cl2N2O. The highest BCUT2D eigenvalue weighted by atomic mass is 35.5. The third-order valence-electron chi connectivity index (χ3n) is 3.37. The van der Waals surface area contributed by atoms with E-state index in [0.29, 0.717) is 33.9 Å². The van der Waals surface area contributed by atoms with Gasteiger partial charge in [0.25, 0.3) is 5.56 Å². The number of nitrogens with zero attached hydrogens (tertiary/aromatic N) is 2. The monoisotopic (exact) mass is 318 g/mol. The normalized spacial score (nSPS) is 11.0. The summed E-state index contributed by atoms with van der Waals surface area (Å²) >= 11 is 12.0. The maximum absolute atomic E-state index is 12.4. The number of para-hydroxylation sites is 1. The number of fused-ring (bicyclic) bond motifs is 1. The van der Waals surface area contributed by atoms with Crippen LogP contribution in [-0.2, 0) is 13.0 Å². The minimum absolute atomic E-state index is 0.0364. The van der Waals surface area contributed by atoms with Gasteiger partial charge in [0.15, 0.2) is 0 Å². The van der Waals surface area contributed by atoms with Gasteiger partial charge in [-0.25, -0.2) is 4.98 Å². The van der Waals surface area contributed by atoms with Crippen LogP contribution in [-0.4, -0.2) is 9.55 Å². The second-order valence-electron chi connectivity index (χ2n) is 4.75. The number of halogens is 2. The van der Waals surface area contributed by atoms with Crippen molar-refractivity contribution in [2.75, 3.05) is 0 Å². The first-order chi connectivity index (χ1) is 10.1. The van der Waals surface area contributed by atoms with Crippen LogP contribution in [0.25, 0.3) is 10.9 Å². The summed E-state index contributed by atoms with van der Waals surface area (Å²) in [4.78, 5) is 16.7. The topological polar surface area (TPSA) is 34.9 Å². The molecule has 0 unspecified atom stereocenters. The van der Waals surface area contributed by atoms with Crippen LogP contribution < -0.4 is 5.56 Å². The van der Waals surface area contributed by atoms with Gasteiger partial charge in [-0.3, -0.25) is 9.36 Å². The lowest BCUT2D eigenvalue weighted by Crippen LogP contribution is -2.21. The highest BCUT2D eigenvalue weighted by Crippen LogP contribution is 2.21. The first-order valence-electron chi connectivity index (χ1n) is 6.53. The molecule has 0 N–H and O–H groups in total. The van der Waals surface area contributed by atoms with Crippen LogP contribution in [0.4, 0.5) is 0 Å². The number of rotatable bonds is 3. The highest BCUT2D eigenvalue weighted by Gasteiger charge is 2.05. The zero-order valence-electron chi connectivity index (χ0n) is 11.1. The van der Waals surface area contributed by atoms with E-state index in [2.05, 4.69) is 4.98 Å². The summed E-state index contributed by atoms with van der Waals surface area (Å²) in [6.07, 6.45) is 2.23. The fourth-order valence-electron chi connectivity index (χ4n) is 2.23. The van der Waals surface area contributed by atoms with E-state index in [1.54, 1.807) is 29.1 Å². The Hall–Kier alpha value is -1.84. The molecule has 1 heterocycles. The molecule has 5 heteroatoms. The molecule has 1 aromatic heterocycles. The summed E-state index contributed by atoms with van der Waals surface area (Å²) in [6, 6.07) is 12.7. The van der Waals surface area contributed by atoms with Crippen molar-refractivity contribution >= 4 is 34.1 Å². The van der Waals surface area contributed by atoms with Crippen molar-refractivity contribution in [3.8, 4) is 0 Å². The van der Waals surface area contributed by atoms with Gasteiger partial charge < -0.3 is 0 Å². The molecule has 0 aliphatic rings. The van der Waals surface area contributed by atoms with Crippen molar-refractivity contribution in [2.24, 2.45) is 0 Å². The van der Waals surface area contributed by atoms with Gasteiger partial charge in [-0.1, -0.05) is 41.4 Å². The van der Waals surface area contributed by atoms with Gasteiger partial charge >= 0.3 is 0 Å². The first kappa shape index (κ1) is 14.1. The summed E-state index contributed by atoms with van der Waals surface area (Å²) in [5.74, 6) is 0. The average molecular weight is 319 g/mol. The lowest BCUT2D eigenvalue weighted by molar-refractivity contribution is 0.662. The number of hydrogen-bond donors (Lipinski definition) is 0. The maximum atomic E-state index is 12.4. The molecule has 106 valence electrons. The van der Waals surface area contributed by atoms with Crippen LogP contribution in [0.2, 0.25) is 10.0 Å². The molecule has 0 bridgehead atoms. The van der Waals surface area contributed by atoms with Crippen LogP contribution in [0.15, 0.2) is 53.6 Å². The third-order valence-corrected chi connectivity index (χ3v) is 3.96. The summed E-state index contributed by atoms with van der Waals surface area (Å²) in [7, 11) is 0. The molecule has 0 amide bonds. The van der Waals surface area contributed by atoms with Crippen LogP contribution in [0, 0.1) is 0 Å².